The van der Waals surface area contributed by atoms with Gasteiger partial charge in [-0.25, -0.2) is 27.1 Å². The first-order chi connectivity index (χ1) is 16.1. The molecule has 4 N–H and O–H groups in total. The number of sulfonamides is 1. The monoisotopic (exact) mass is 509 g/mol. The number of amides is 3. The first-order valence-electron chi connectivity index (χ1n) is 10.2. The maximum Gasteiger partial charge on any atom is 0.429 e. The minimum atomic E-state index is -3.91. The van der Waals surface area contributed by atoms with Gasteiger partial charge in [0.15, 0.2) is 0 Å². The third-order valence-corrected chi connectivity index (χ3v) is 7.00. The number of benzene rings is 2. The van der Waals surface area contributed by atoms with E-state index in [9.17, 15) is 22.4 Å². The number of hydrogen-bond donors (Lipinski definition) is 3. The van der Waals surface area contributed by atoms with Gasteiger partial charge in [-0.1, -0.05) is 35.9 Å². The van der Waals surface area contributed by atoms with Crippen LogP contribution in [0.4, 0.5) is 19.7 Å². The molecule has 2 aromatic carbocycles. The number of hydrogen-bond acceptors (Lipinski definition) is 5. The number of para-hydroxylation sites is 1. The van der Waals surface area contributed by atoms with Gasteiger partial charge in [-0.3, -0.25) is 0 Å². The number of likely N-dealkylation sites (tertiary alicyclic amines) is 1. The maximum atomic E-state index is 14.2. The van der Waals surface area contributed by atoms with Gasteiger partial charge in [0, 0.05) is 29.4 Å². The molecule has 4 rings (SSSR count). The molecule has 2 atom stereocenters. The Bertz CT molecular complexity index is 1350. The zero-order valence-corrected chi connectivity index (χ0v) is 19.2. The van der Waals surface area contributed by atoms with E-state index in [0.717, 1.165) is 4.73 Å². The summed E-state index contributed by atoms with van der Waals surface area (Å²) < 4.78 is 42.9. The lowest BCUT2D eigenvalue weighted by Crippen LogP contribution is -2.45. The molecule has 3 amide bonds. The van der Waals surface area contributed by atoms with Gasteiger partial charge in [-0.05, 0) is 24.3 Å². The summed E-state index contributed by atoms with van der Waals surface area (Å²) in [5.41, 5.74) is 5.88. The number of nitrogens with one attached hydrogen (secondary N) is 2. The highest BCUT2D eigenvalue weighted by molar-refractivity contribution is 7.89. The molecule has 34 heavy (non-hydrogen) atoms. The minimum absolute atomic E-state index is 0.0297. The highest BCUT2D eigenvalue weighted by atomic mass is 35.5. The van der Waals surface area contributed by atoms with Crippen molar-refractivity contribution >= 4 is 50.3 Å². The first-order valence-corrected chi connectivity index (χ1v) is 12.0. The van der Waals surface area contributed by atoms with Crippen LogP contribution >= 0.6 is 11.6 Å². The molecule has 1 aliphatic heterocycles. The van der Waals surface area contributed by atoms with Crippen molar-refractivity contribution in [2.45, 2.75) is 23.5 Å². The third kappa shape index (κ3) is 5.08. The van der Waals surface area contributed by atoms with Crippen molar-refractivity contribution in [2.24, 2.45) is 5.73 Å². The highest BCUT2D eigenvalue weighted by Crippen LogP contribution is 2.27. The lowest BCUT2D eigenvalue weighted by Gasteiger charge is -2.24. The summed E-state index contributed by atoms with van der Waals surface area (Å²) in [4.78, 5) is 30.3. The molecule has 1 aliphatic rings. The normalized spacial score (nSPS) is 18.2. The van der Waals surface area contributed by atoms with Gasteiger partial charge in [-0.2, -0.15) is 4.73 Å². The van der Waals surface area contributed by atoms with Gasteiger partial charge < -0.3 is 20.8 Å². The van der Waals surface area contributed by atoms with Crippen LogP contribution in [0, 0.1) is 0 Å². The van der Waals surface area contributed by atoms with Crippen LogP contribution in [0.5, 0.6) is 0 Å². The molecule has 2 heterocycles. The zero-order valence-electron chi connectivity index (χ0n) is 17.6. The summed E-state index contributed by atoms with van der Waals surface area (Å²) in [6.07, 6.45) is -1.01. The summed E-state index contributed by atoms with van der Waals surface area (Å²) in [5, 5.41) is 3.50. The number of halogens is 2. The Labute approximate surface area is 199 Å². The smallest absolute Gasteiger partial charge is 0.333 e. The van der Waals surface area contributed by atoms with E-state index in [2.05, 4.69) is 10.0 Å². The number of carbonyl (C=O) groups excluding carboxylic acids is 2. The average molecular weight is 510 g/mol. The SMILES string of the molecule is NC(=O)On1cc(NC(=O)N2C[C@H](F)C[C@H]2CNS(=O)(=O)c2cccc(Cl)c2)c2ccccc21. The number of aromatic nitrogens is 1. The number of nitrogens with zero attached hydrogens (tertiary/aromatic N) is 2. The minimum Gasteiger partial charge on any atom is -0.333 e. The largest absolute Gasteiger partial charge is 0.429 e. The molecule has 1 fully saturated rings. The van der Waals surface area contributed by atoms with Crippen molar-refractivity contribution in [1.29, 1.82) is 0 Å². The molecule has 180 valence electrons. The molecule has 0 aliphatic carbocycles. The Balaban J connectivity index is 1.50. The number of fused-ring (bicyclic) bond motifs is 1. The maximum absolute atomic E-state index is 14.2. The second-order valence-corrected chi connectivity index (χ2v) is 9.88. The third-order valence-electron chi connectivity index (χ3n) is 5.35. The number of rotatable bonds is 6. The van der Waals surface area contributed by atoms with Gasteiger partial charge in [-0.15, -0.1) is 0 Å². The molecule has 3 aromatic rings. The van der Waals surface area contributed by atoms with E-state index >= 15 is 0 Å². The molecule has 13 heteroatoms. The fraction of sp³-hybridized carbons (Fsp3) is 0.238. The van der Waals surface area contributed by atoms with E-state index in [1.807, 2.05) is 0 Å². The van der Waals surface area contributed by atoms with Crippen molar-refractivity contribution in [2.75, 3.05) is 18.4 Å². The van der Waals surface area contributed by atoms with Crippen LogP contribution in [0.15, 0.2) is 59.6 Å². The molecular formula is C21H21ClFN5O5S. The van der Waals surface area contributed by atoms with E-state index in [1.165, 1.54) is 29.3 Å². The number of urea groups is 1. The van der Waals surface area contributed by atoms with Gasteiger partial charge >= 0.3 is 12.1 Å². The van der Waals surface area contributed by atoms with Gasteiger partial charge in [0.2, 0.25) is 10.0 Å². The van der Waals surface area contributed by atoms with Crippen molar-refractivity contribution in [1.82, 2.24) is 14.4 Å². The second-order valence-electron chi connectivity index (χ2n) is 7.67. The predicted octanol–water partition coefficient (Wildman–Crippen LogP) is 2.72. The first kappa shape index (κ1) is 23.8. The standard InChI is InChI=1S/C21H21ClFN5O5S/c22-13-4-3-5-16(8-13)34(31,32)25-10-15-9-14(23)11-27(15)21(30)26-18-12-28(33-20(24)29)19-7-2-1-6-17(18)19/h1-8,12,14-15,25H,9-11H2,(H2,24,29)(H,26,30)/t14-,15+/m1/s1. The van der Waals surface area contributed by atoms with E-state index in [0.29, 0.717) is 16.6 Å². The summed E-state index contributed by atoms with van der Waals surface area (Å²) in [5.74, 6) is 0. The van der Waals surface area contributed by atoms with Crippen LogP contribution in [0.3, 0.4) is 0 Å². The lowest BCUT2D eigenvalue weighted by atomic mass is 10.2. The molecule has 1 saturated heterocycles. The molecule has 0 saturated carbocycles. The molecule has 10 nitrogen and oxygen atoms in total. The highest BCUT2D eigenvalue weighted by Gasteiger charge is 2.36. The van der Waals surface area contributed by atoms with Crippen LogP contribution in [0.2, 0.25) is 5.02 Å². The number of nitrogens with two attached hydrogens (primary N) is 1. The predicted molar refractivity (Wildman–Crippen MR) is 124 cm³/mol. The van der Waals surface area contributed by atoms with Crippen LogP contribution in [0.1, 0.15) is 6.42 Å². The van der Waals surface area contributed by atoms with Crippen molar-refractivity contribution in [3.8, 4) is 0 Å². The molecule has 1 aromatic heterocycles. The second kappa shape index (κ2) is 9.49. The van der Waals surface area contributed by atoms with Crippen molar-refractivity contribution < 1.29 is 27.2 Å². The fourth-order valence-electron chi connectivity index (χ4n) is 3.83. The summed E-state index contributed by atoms with van der Waals surface area (Å²) >= 11 is 5.87. The number of anilines is 1. The lowest BCUT2D eigenvalue weighted by molar-refractivity contribution is 0.149. The van der Waals surface area contributed by atoms with Crippen molar-refractivity contribution in [3.63, 3.8) is 0 Å². The number of carbonyl (C=O) groups is 2. The van der Waals surface area contributed by atoms with E-state index in [1.54, 1.807) is 30.3 Å². The Morgan fingerprint density at radius 1 is 1.21 bits per heavy atom. The number of primary amides is 1. The Kier molecular flexibility index (Phi) is 6.64. The van der Waals surface area contributed by atoms with Crippen LogP contribution in [-0.4, -0.2) is 55.5 Å². The van der Waals surface area contributed by atoms with Crippen LogP contribution in [-0.2, 0) is 10.0 Å². The van der Waals surface area contributed by atoms with Gasteiger partial charge in [0.1, 0.15) is 6.17 Å². The van der Waals surface area contributed by atoms with Crippen LogP contribution < -0.4 is 20.6 Å². The van der Waals surface area contributed by atoms with Crippen molar-refractivity contribution in [3.05, 3.63) is 59.8 Å². The molecule has 0 radical (unpaired) electrons. The van der Waals surface area contributed by atoms with E-state index in [4.69, 9.17) is 22.2 Å². The molecular weight excluding hydrogens is 489 g/mol. The van der Waals surface area contributed by atoms with Gasteiger partial charge in [0.25, 0.3) is 0 Å². The molecule has 0 spiro atoms. The average Bonchev–Trinajstić information content (AvgIpc) is 3.32. The fourth-order valence-corrected chi connectivity index (χ4v) is 5.21. The summed E-state index contributed by atoms with van der Waals surface area (Å²) in [6.45, 7) is -0.388. The quantitative estimate of drug-likeness (QED) is 0.469. The Morgan fingerprint density at radius 2 is 1.97 bits per heavy atom. The zero-order chi connectivity index (χ0) is 24.5. The summed E-state index contributed by atoms with van der Waals surface area (Å²) in [7, 11) is -3.91. The van der Waals surface area contributed by atoms with Crippen LogP contribution in [0.25, 0.3) is 10.9 Å². The Hall–Kier alpha value is -3.35. The molecule has 0 unspecified atom stereocenters. The topological polar surface area (TPSA) is 136 Å². The Morgan fingerprint density at radius 3 is 2.71 bits per heavy atom. The van der Waals surface area contributed by atoms with Gasteiger partial charge in [0.05, 0.1) is 28.8 Å². The molecule has 0 bridgehead atoms. The number of alkyl halides is 1. The van der Waals surface area contributed by atoms with E-state index in [-0.39, 0.29) is 29.4 Å². The van der Waals surface area contributed by atoms with E-state index < -0.39 is 34.4 Å². The summed E-state index contributed by atoms with van der Waals surface area (Å²) in [6, 6.07) is 11.2.